The van der Waals surface area contributed by atoms with Crippen molar-refractivity contribution in [1.29, 1.82) is 0 Å². The van der Waals surface area contributed by atoms with Crippen LogP contribution < -0.4 is 5.56 Å². The number of hydrogen-bond donors (Lipinski definition) is 1. The van der Waals surface area contributed by atoms with Crippen molar-refractivity contribution in [2.24, 2.45) is 4.99 Å². The topological polar surface area (TPSA) is 58.1 Å². The van der Waals surface area contributed by atoms with Crippen LogP contribution in [0, 0.1) is 6.92 Å². The number of rotatable bonds is 2. The fourth-order valence-corrected chi connectivity index (χ4v) is 2.93. The van der Waals surface area contributed by atoms with E-state index >= 15 is 0 Å². The summed E-state index contributed by atoms with van der Waals surface area (Å²) in [5, 5.41) is 0. The summed E-state index contributed by atoms with van der Waals surface area (Å²) in [6, 6.07) is 13.8. The zero-order valence-corrected chi connectivity index (χ0v) is 12.7. The predicted molar refractivity (Wildman–Crippen MR) is 90.8 cm³/mol. The number of aryl methyl sites for hydroxylation is 1. The number of hydrogen-bond acceptors (Lipinski definition) is 3. The van der Waals surface area contributed by atoms with Crippen molar-refractivity contribution in [3.05, 3.63) is 87.6 Å². The molecule has 3 heterocycles. The number of nitrogens with zero attached hydrogens (tertiary/aromatic N) is 2. The molecule has 0 radical (unpaired) electrons. The fourth-order valence-electron chi connectivity index (χ4n) is 2.93. The molecule has 4 rings (SSSR count). The van der Waals surface area contributed by atoms with Gasteiger partial charge in [-0.3, -0.25) is 14.8 Å². The van der Waals surface area contributed by atoms with Crippen molar-refractivity contribution in [2.45, 2.75) is 13.5 Å². The first-order valence-corrected chi connectivity index (χ1v) is 7.50. The second-order valence-corrected chi connectivity index (χ2v) is 5.66. The maximum Gasteiger partial charge on any atom is 0.248 e. The Morgan fingerprint density at radius 2 is 1.87 bits per heavy atom. The fraction of sp³-hybridized carbons (Fsp3) is 0.105. The molecule has 4 nitrogen and oxygen atoms in total. The molecule has 1 aliphatic heterocycles. The van der Waals surface area contributed by atoms with Crippen LogP contribution in [-0.2, 0) is 6.54 Å². The third kappa shape index (κ3) is 2.48. The van der Waals surface area contributed by atoms with E-state index in [-0.39, 0.29) is 5.56 Å². The monoisotopic (exact) mass is 301 g/mol. The van der Waals surface area contributed by atoms with Crippen molar-refractivity contribution in [3.63, 3.8) is 0 Å². The SMILES string of the molecule is Cc1cc(C2=NCc3ccc(-c4cc[nH]c(=O)c4)cc32)ccn1. The molecule has 23 heavy (non-hydrogen) atoms. The number of aromatic amines is 1. The minimum absolute atomic E-state index is 0.0957. The van der Waals surface area contributed by atoms with Crippen molar-refractivity contribution in [1.82, 2.24) is 9.97 Å². The highest BCUT2D eigenvalue weighted by Crippen LogP contribution is 2.28. The van der Waals surface area contributed by atoms with Crippen LogP contribution in [0.15, 0.2) is 64.6 Å². The number of aromatic nitrogens is 2. The van der Waals surface area contributed by atoms with Gasteiger partial charge in [-0.05, 0) is 47.9 Å². The first kappa shape index (κ1) is 13.6. The van der Waals surface area contributed by atoms with Gasteiger partial charge in [-0.1, -0.05) is 12.1 Å². The number of benzene rings is 1. The summed E-state index contributed by atoms with van der Waals surface area (Å²) in [4.78, 5) is 23.1. The Morgan fingerprint density at radius 1 is 1.00 bits per heavy atom. The molecular formula is C19H15N3O. The summed E-state index contributed by atoms with van der Waals surface area (Å²) in [6.45, 7) is 2.67. The smallest absolute Gasteiger partial charge is 0.248 e. The number of fused-ring (bicyclic) bond motifs is 1. The van der Waals surface area contributed by atoms with E-state index in [1.54, 1.807) is 12.3 Å². The van der Waals surface area contributed by atoms with Crippen LogP contribution in [0.25, 0.3) is 11.1 Å². The van der Waals surface area contributed by atoms with Crippen molar-refractivity contribution >= 4 is 5.71 Å². The van der Waals surface area contributed by atoms with Gasteiger partial charge in [0.25, 0.3) is 0 Å². The maximum absolute atomic E-state index is 11.5. The summed E-state index contributed by atoms with van der Waals surface area (Å²) >= 11 is 0. The van der Waals surface area contributed by atoms with E-state index in [9.17, 15) is 4.79 Å². The van der Waals surface area contributed by atoms with Gasteiger partial charge in [0.1, 0.15) is 0 Å². The summed E-state index contributed by atoms with van der Waals surface area (Å²) in [5.74, 6) is 0. The third-order valence-electron chi connectivity index (χ3n) is 4.05. The zero-order valence-electron chi connectivity index (χ0n) is 12.7. The normalized spacial score (nSPS) is 12.8. The average Bonchev–Trinajstić information content (AvgIpc) is 2.98. The predicted octanol–water partition coefficient (Wildman–Crippen LogP) is 3.10. The van der Waals surface area contributed by atoms with E-state index in [1.807, 2.05) is 37.4 Å². The highest BCUT2D eigenvalue weighted by Gasteiger charge is 2.18. The van der Waals surface area contributed by atoms with Crippen LogP contribution in [0.4, 0.5) is 0 Å². The Labute approximate surface area is 133 Å². The summed E-state index contributed by atoms with van der Waals surface area (Å²) < 4.78 is 0. The lowest BCUT2D eigenvalue weighted by Gasteiger charge is -2.08. The first-order chi connectivity index (χ1) is 11.2. The number of nitrogens with one attached hydrogen (secondary N) is 1. The molecular weight excluding hydrogens is 286 g/mol. The van der Waals surface area contributed by atoms with Crippen molar-refractivity contribution < 1.29 is 0 Å². The molecule has 2 aromatic heterocycles. The van der Waals surface area contributed by atoms with Crippen LogP contribution in [-0.4, -0.2) is 15.7 Å². The molecule has 0 unspecified atom stereocenters. The molecule has 0 saturated heterocycles. The number of pyridine rings is 2. The molecule has 1 aliphatic rings. The van der Waals surface area contributed by atoms with Gasteiger partial charge < -0.3 is 4.98 Å². The minimum Gasteiger partial charge on any atom is -0.329 e. The molecule has 0 atom stereocenters. The van der Waals surface area contributed by atoms with Gasteiger partial charge in [-0.2, -0.15) is 0 Å². The van der Waals surface area contributed by atoms with E-state index < -0.39 is 0 Å². The highest BCUT2D eigenvalue weighted by atomic mass is 16.1. The Morgan fingerprint density at radius 3 is 2.70 bits per heavy atom. The Kier molecular flexibility index (Phi) is 3.15. The van der Waals surface area contributed by atoms with Gasteiger partial charge in [0.05, 0.1) is 12.3 Å². The van der Waals surface area contributed by atoms with E-state index in [0.29, 0.717) is 6.54 Å². The molecule has 1 aromatic carbocycles. The van der Waals surface area contributed by atoms with E-state index in [4.69, 9.17) is 0 Å². The van der Waals surface area contributed by atoms with Crippen LogP contribution in [0.1, 0.15) is 22.4 Å². The van der Waals surface area contributed by atoms with Crippen molar-refractivity contribution in [3.8, 4) is 11.1 Å². The molecule has 112 valence electrons. The molecule has 0 aliphatic carbocycles. The van der Waals surface area contributed by atoms with E-state index in [1.165, 1.54) is 5.56 Å². The molecule has 4 heteroatoms. The molecule has 0 bridgehead atoms. The Balaban J connectivity index is 1.82. The second-order valence-electron chi connectivity index (χ2n) is 5.66. The third-order valence-corrected chi connectivity index (χ3v) is 4.05. The van der Waals surface area contributed by atoms with Crippen molar-refractivity contribution in [2.75, 3.05) is 0 Å². The average molecular weight is 301 g/mol. The maximum atomic E-state index is 11.5. The standard InChI is InChI=1S/C19H15N3O/c1-12-8-15(5-6-20-12)19-17-9-13(2-3-16(17)11-22-19)14-4-7-21-18(23)10-14/h2-10H,11H2,1H3,(H,21,23). The lowest BCUT2D eigenvalue weighted by atomic mass is 9.96. The Hall–Kier alpha value is -3.01. The van der Waals surface area contributed by atoms with Crippen LogP contribution >= 0.6 is 0 Å². The number of H-pyrrole nitrogens is 1. The Bertz CT molecular complexity index is 986. The van der Waals surface area contributed by atoms with E-state index in [0.717, 1.165) is 33.7 Å². The van der Waals surface area contributed by atoms with Gasteiger partial charge in [-0.25, -0.2) is 0 Å². The lowest BCUT2D eigenvalue weighted by Crippen LogP contribution is -2.04. The van der Waals surface area contributed by atoms with Crippen LogP contribution in [0.2, 0.25) is 0 Å². The number of aliphatic imine (C=N–C) groups is 1. The van der Waals surface area contributed by atoms with Gasteiger partial charge in [0.2, 0.25) is 5.56 Å². The summed E-state index contributed by atoms with van der Waals surface area (Å²) in [5.41, 5.74) is 7.24. The molecule has 3 aromatic rings. The van der Waals surface area contributed by atoms with Crippen LogP contribution in [0.5, 0.6) is 0 Å². The molecule has 1 N–H and O–H groups in total. The van der Waals surface area contributed by atoms with Gasteiger partial charge in [0, 0.05) is 35.3 Å². The van der Waals surface area contributed by atoms with Gasteiger partial charge >= 0.3 is 0 Å². The molecule has 0 saturated carbocycles. The van der Waals surface area contributed by atoms with E-state index in [2.05, 4.69) is 27.1 Å². The molecule has 0 amide bonds. The van der Waals surface area contributed by atoms with Gasteiger partial charge in [-0.15, -0.1) is 0 Å². The first-order valence-electron chi connectivity index (χ1n) is 7.50. The summed E-state index contributed by atoms with van der Waals surface area (Å²) in [6.07, 6.45) is 3.48. The summed E-state index contributed by atoms with van der Waals surface area (Å²) in [7, 11) is 0. The highest BCUT2D eigenvalue weighted by molar-refractivity contribution is 6.15. The zero-order chi connectivity index (χ0) is 15.8. The second kappa shape index (κ2) is 5.32. The quantitative estimate of drug-likeness (QED) is 0.790. The van der Waals surface area contributed by atoms with Crippen LogP contribution in [0.3, 0.4) is 0 Å². The molecule has 0 spiro atoms. The largest absolute Gasteiger partial charge is 0.329 e. The van der Waals surface area contributed by atoms with Gasteiger partial charge in [0.15, 0.2) is 0 Å². The minimum atomic E-state index is -0.0957. The lowest BCUT2D eigenvalue weighted by molar-refractivity contribution is 1.11. The molecule has 0 fully saturated rings.